The van der Waals surface area contributed by atoms with Crippen molar-refractivity contribution in [1.82, 2.24) is 0 Å². The predicted octanol–water partition coefficient (Wildman–Crippen LogP) is 5.60. The molecule has 0 atom stereocenters. The molecule has 6 aromatic carbocycles. The predicted molar refractivity (Wildman–Crippen MR) is 159 cm³/mol. The van der Waals surface area contributed by atoms with Gasteiger partial charge in [-0.3, -0.25) is 14.5 Å². The van der Waals surface area contributed by atoms with E-state index in [1.807, 2.05) is 48.5 Å². The summed E-state index contributed by atoms with van der Waals surface area (Å²) in [7, 11) is 0. The molecule has 0 fully saturated rings. The second-order valence-corrected chi connectivity index (χ2v) is 9.10. The molecule has 2 N–H and O–H groups in total. The molecule has 0 unspecified atom stereocenters. The van der Waals surface area contributed by atoms with Gasteiger partial charge in [-0.15, -0.1) is 0 Å². The molecule has 0 aliphatic heterocycles. The summed E-state index contributed by atoms with van der Waals surface area (Å²) in [5, 5.41) is 8.01. The molecule has 0 heterocycles. The summed E-state index contributed by atoms with van der Waals surface area (Å²) in [6.07, 6.45) is 0. The topological polar surface area (TPSA) is 63.4 Å². The quantitative estimate of drug-likeness (QED) is 0.150. The number of thiol groups is 2. The number of hydrogen-bond acceptors (Lipinski definition) is 2. The third-order valence-corrected chi connectivity index (χ3v) is 6.40. The Balaban J connectivity index is 0.000000625. The van der Waals surface area contributed by atoms with Gasteiger partial charge in [0, 0.05) is 10.8 Å². The van der Waals surface area contributed by atoms with Gasteiger partial charge in [-0.05, 0) is 44.5 Å². The molecule has 0 aliphatic carbocycles. The van der Waals surface area contributed by atoms with Gasteiger partial charge >= 0.3 is 51.4 Å². The maximum Gasteiger partial charge on any atom is 1.00 e. The number of rotatable bonds is 2. The first-order valence-electron chi connectivity index (χ1n) is 11.3. The van der Waals surface area contributed by atoms with Crippen LogP contribution in [0, 0.1) is 0 Å². The van der Waals surface area contributed by atoms with E-state index < -0.39 is 5.24 Å². The number of carbonyl (C=O) groups excluding carboxylic acids is 2. The van der Waals surface area contributed by atoms with E-state index in [4.69, 9.17) is 4.79 Å². The van der Waals surface area contributed by atoms with Crippen molar-refractivity contribution in [2.75, 3.05) is 4.90 Å². The minimum atomic E-state index is -0.639. The van der Waals surface area contributed by atoms with Gasteiger partial charge in [0.25, 0.3) is 10.5 Å². The summed E-state index contributed by atoms with van der Waals surface area (Å²) >= 11 is 7.41. The van der Waals surface area contributed by atoms with Crippen molar-refractivity contribution in [3.8, 4) is 0 Å². The monoisotopic (exact) mass is 546 g/mol. The molecule has 0 aliphatic rings. The van der Waals surface area contributed by atoms with Crippen LogP contribution in [0.3, 0.4) is 0 Å². The Bertz CT molecular complexity index is 1670. The van der Waals surface area contributed by atoms with E-state index in [-0.39, 0.29) is 58.1 Å². The molecular weight excluding hydrogens is 524 g/mol. The third kappa shape index (κ3) is 5.59. The summed E-state index contributed by atoms with van der Waals surface area (Å²) < 4.78 is 0. The molecule has 0 aromatic heterocycles. The number of hydrogen-bond donors (Lipinski definition) is 3. The number of carbonyl (C=O) groups is 2. The van der Waals surface area contributed by atoms with Gasteiger partial charge in [0.15, 0.2) is 0 Å². The van der Waals surface area contributed by atoms with Gasteiger partial charge < -0.3 is 7.16 Å². The zero-order chi connectivity index (χ0) is 25.2. The van der Waals surface area contributed by atoms with Crippen LogP contribution in [0.2, 0.25) is 0 Å². The minimum Gasteiger partial charge on any atom is -1.00 e. The maximum atomic E-state index is 12.9. The third-order valence-electron chi connectivity index (χ3n) is 6.20. The normalized spacial score (nSPS) is 10.5. The van der Waals surface area contributed by atoms with Crippen LogP contribution in [0.25, 0.3) is 43.1 Å². The SMILES string of the molecule is NC(=O)S.O=C(S)N(c1cccc2c1ccc1ccccc12)c1cccc2c1ccc1ccccc12.[H-].[K+]. The molecule has 6 rings (SSSR count). The van der Waals surface area contributed by atoms with Crippen molar-refractivity contribution < 1.29 is 62.4 Å². The van der Waals surface area contributed by atoms with Crippen LogP contribution in [-0.2, 0) is 0 Å². The van der Waals surface area contributed by atoms with Crippen LogP contribution in [0.15, 0.2) is 109 Å². The first-order valence-corrected chi connectivity index (χ1v) is 12.2. The standard InChI is InChI=1S/C29H19NOS.CH3NOS.K.H/c31-29(32)30(27-13-5-11-23-21-9-3-1-7-19(21)15-17-25(23)27)28-14-6-12-24-22-10-4-2-8-20(22)16-18-26(24)28;2-1(3)4;;/h1-18H,(H,31,32);(H3,2,3,4);;/q;;+1;-1. The molecule has 178 valence electrons. The summed E-state index contributed by atoms with van der Waals surface area (Å²) in [6, 6.07) is 37.3. The number of fused-ring (bicyclic) bond motifs is 6. The van der Waals surface area contributed by atoms with Crippen LogP contribution < -0.4 is 62.0 Å². The van der Waals surface area contributed by atoms with Crippen LogP contribution in [0.4, 0.5) is 21.0 Å². The van der Waals surface area contributed by atoms with E-state index in [0.717, 1.165) is 32.9 Å². The van der Waals surface area contributed by atoms with Gasteiger partial charge in [0.1, 0.15) is 0 Å². The Morgan fingerprint density at radius 1 is 0.541 bits per heavy atom. The number of benzene rings is 6. The molecule has 0 bridgehead atoms. The van der Waals surface area contributed by atoms with Crippen molar-refractivity contribution in [3.63, 3.8) is 0 Å². The largest absolute Gasteiger partial charge is 1.00 e. The summed E-state index contributed by atoms with van der Waals surface area (Å²) in [4.78, 5) is 23.8. The number of amides is 2. The molecule has 4 nitrogen and oxygen atoms in total. The number of nitrogens with two attached hydrogens (primary N) is 1. The van der Waals surface area contributed by atoms with E-state index in [0.29, 0.717) is 0 Å². The van der Waals surface area contributed by atoms with E-state index in [1.54, 1.807) is 4.90 Å². The van der Waals surface area contributed by atoms with Gasteiger partial charge in [-0.25, -0.2) is 0 Å². The first-order chi connectivity index (χ1) is 17.5. The molecule has 7 heteroatoms. The van der Waals surface area contributed by atoms with Gasteiger partial charge in [-0.1, -0.05) is 122 Å². The van der Waals surface area contributed by atoms with Crippen LogP contribution >= 0.6 is 25.3 Å². The Morgan fingerprint density at radius 2 is 0.919 bits per heavy atom. The second-order valence-electron chi connectivity index (χ2n) is 8.27. The summed E-state index contributed by atoms with van der Waals surface area (Å²) in [6.45, 7) is 0. The summed E-state index contributed by atoms with van der Waals surface area (Å²) in [5.74, 6) is 0. The summed E-state index contributed by atoms with van der Waals surface area (Å²) in [5.41, 5.74) is 5.99. The minimum absolute atomic E-state index is 0. The molecule has 0 saturated carbocycles. The Kier molecular flexibility index (Phi) is 8.97. The molecular formula is C30H23KN2O2S2. The van der Waals surface area contributed by atoms with Gasteiger partial charge in [-0.2, -0.15) is 0 Å². The van der Waals surface area contributed by atoms with E-state index in [1.165, 1.54) is 21.5 Å². The van der Waals surface area contributed by atoms with E-state index in [9.17, 15) is 4.79 Å². The van der Waals surface area contributed by atoms with Crippen LogP contribution in [0.5, 0.6) is 0 Å². The molecule has 37 heavy (non-hydrogen) atoms. The van der Waals surface area contributed by atoms with Gasteiger partial charge in [0.05, 0.1) is 11.4 Å². The number of primary amides is 1. The Morgan fingerprint density at radius 3 is 1.32 bits per heavy atom. The van der Waals surface area contributed by atoms with Crippen molar-refractivity contribution >= 4 is 90.2 Å². The fraction of sp³-hybridized carbons (Fsp3) is 0. The second kappa shape index (κ2) is 12.0. The molecule has 2 amide bonds. The molecule has 0 saturated heterocycles. The van der Waals surface area contributed by atoms with E-state index >= 15 is 0 Å². The van der Waals surface area contributed by atoms with Crippen LogP contribution in [-0.4, -0.2) is 10.5 Å². The van der Waals surface area contributed by atoms with Crippen molar-refractivity contribution in [3.05, 3.63) is 109 Å². The maximum absolute atomic E-state index is 12.9. The zero-order valence-corrected chi connectivity index (χ0v) is 25.0. The first kappa shape index (κ1) is 27.7. The smallest absolute Gasteiger partial charge is 1.00 e. The van der Waals surface area contributed by atoms with Crippen molar-refractivity contribution in [1.29, 1.82) is 0 Å². The van der Waals surface area contributed by atoms with Gasteiger partial charge in [0.2, 0.25) is 0 Å². The van der Waals surface area contributed by atoms with E-state index in [2.05, 4.69) is 91.7 Å². The average Bonchev–Trinajstić information content (AvgIpc) is 2.88. The number of nitrogens with zero attached hydrogens (tertiary/aromatic N) is 1. The molecule has 0 spiro atoms. The van der Waals surface area contributed by atoms with Crippen LogP contribution in [0.1, 0.15) is 1.43 Å². The molecule has 6 aromatic rings. The van der Waals surface area contributed by atoms with Crippen molar-refractivity contribution in [2.45, 2.75) is 0 Å². The Hall–Kier alpha value is -2.36. The molecule has 0 radical (unpaired) electrons. The number of anilines is 2. The van der Waals surface area contributed by atoms with Crippen molar-refractivity contribution in [2.24, 2.45) is 5.73 Å². The fourth-order valence-electron chi connectivity index (χ4n) is 4.77. The fourth-order valence-corrected chi connectivity index (χ4v) is 4.99. The Labute approximate surface area is 269 Å². The zero-order valence-electron chi connectivity index (χ0n) is 21.1. The average molecular weight is 547 g/mol.